The minimum Gasteiger partial charge on any atom is -0.341 e. The van der Waals surface area contributed by atoms with Crippen LogP contribution in [-0.4, -0.2) is 29.1 Å². The van der Waals surface area contributed by atoms with Gasteiger partial charge in [0.15, 0.2) is 0 Å². The topological polar surface area (TPSA) is 20.3 Å². The number of carbonyl (C=O) groups is 1. The van der Waals surface area contributed by atoms with E-state index in [4.69, 9.17) is 0 Å². The molecule has 0 N–H and O–H groups in total. The van der Waals surface area contributed by atoms with Crippen LogP contribution in [0.3, 0.4) is 0 Å². The van der Waals surface area contributed by atoms with E-state index < -0.39 is 0 Å². The Morgan fingerprint density at radius 2 is 1.80 bits per heavy atom. The minimum absolute atomic E-state index is 0.108. The van der Waals surface area contributed by atoms with Gasteiger partial charge in [-0.15, -0.1) is 0 Å². The predicted molar refractivity (Wildman–Crippen MR) is 65.0 cm³/mol. The second-order valence-corrected chi connectivity index (χ2v) is 5.94. The molecule has 0 aromatic rings. The summed E-state index contributed by atoms with van der Waals surface area (Å²) in [7, 11) is 0. The number of nitrogens with zero attached hydrogens (tertiary/aromatic N) is 1. The lowest BCUT2D eigenvalue weighted by Crippen LogP contribution is -2.38. The third kappa shape index (κ3) is 2.17. The van der Waals surface area contributed by atoms with Gasteiger partial charge in [-0.25, -0.2) is 0 Å². The second kappa shape index (κ2) is 4.36. The van der Waals surface area contributed by atoms with Crippen LogP contribution in [0.15, 0.2) is 0 Å². The Labute approximate surface area is 97.8 Å². The van der Waals surface area contributed by atoms with Gasteiger partial charge in [0.05, 0.1) is 5.25 Å². The molecule has 3 heteroatoms. The van der Waals surface area contributed by atoms with Crippen molar-refractivity contribution in [2.24, 2.45) is 17.8 Å². The minimum atomic E-state index is -0.108. The standard InChI is InChI=1S/C12H21NOS/c1-8(2)11(15)12(14)13-6-9-4-3-5-10(9)7-13/h8-11,15H,3-7H2,1-2H3. The van der Waals surface area contributed by atoms with Gasteiger partial charge in [0.25, 0.3) is 0 Å². The van der Waals surface area contributed by atoms with E-state index in [0.29, 0.717) is 5.92 Å². The number of amides is 1. The molecule has 2 rings (SSSR count). The molecule has 1 saturated carbocycles. The van der Waals surface area contributed by atoms with Gasteiger partial charge in [-0.05, 0) is 30.6 Å². The van der Waals surface area contributed by atoms with Crippen LogP contribution in [0.4, 0.5) is 0 Å². The zero-order chi connectivity index (χ0) is 11.0. The molecule has 3 unspecified atom stereocenters. The van der Waals surface area contributed by atoms with Crippen LogP contribution in [0, 0.1) is 17.8 Å². The van der Waals surface area contributed by atoms with Crippen molar-refractivity contribution in [1.29, 1.82) is 0 Å². The molecule has 1 saturated heterocycles. The Balaban J connectivity index is 1.93. The van der Waals surface area contributed by atoms with Crippen LogP contribution in [0.2, 0.25) is 0 Å². The highest BCUT2D eigenvalue weighted by Gasteiger charge is 2.39. The fourth-order valence-electron chi connectivity index (χ4n) is 2.89. The second-order valence-electron chi connectivity index (χ2n) is 5.38. The highest BCUT2D eigenvalue weighted by atomic mass is 32.1. The lowest BCUT2D eigenvalue weighted by molar-refractivity contribution is -0.130. The summed E-state index contributed by atoms with van der Waals surface area (Å²) >= 11 is 4.41. The van der Waals surface area contributed by atoms with Gasteiger partial charge in [-0.2, -0.15) is 12.6 Å². The smallest absolute Gasteiger partial charge is 0.235 e. The number of hydrogen-bond acceptors (Lipinski definition) is 2. The average Bonchev–Trinajstić information content (AvgIpc) is 2.74. The summed E-state index contributed by atoms with van der Waals surface area (Å²) < 4.78 is 0. The SMILES string of the molecule is CC(C)C(S)C(=O)N1CC2CCCC2C1. The number of likely N-dealkylation sites (tertiary alicyclic amines) is 1. The van der Waals surface area contributed by atoms with E-state index in [-0.39, 0.29) is 11.2 Å². The third-order valence-corrected chi connectivity index (χ3v) is 4.74. The lowest BCUT2D eigenvalue weighted by atomic mass is 10.0. The Hall–Kier alpha value is -0.180. The molecule has 0 bridgehead atoms. The predicted octanol–water partition coefficient (Wildman–Crippen LogP) is 2.20. The van der Waals surface area contributed by atoms with Crippen LogP contribution in [0.25, 0.3) is 0 Å². The van der Waals surface area contributed by atoms with Crippen molar-refractivity contribution in [3.8, 4) is 0 Å². The molecular formula is C12H21NOS. The van der Waals surface area contributed by atoms with Gasteiger partial charge in [0.1, 0.15) is 0 Å². The van der Waals surface area contributed by atoms with E-state index in [0.717, 1.165) is 24.9 Å². The molecule has 1 amide bonds. The highest BCUT2D eigenvalue weighted by molar-refractivity contribution is 7.81. The number of thiol groups is 1. The summed E-state index contributed by atoms with van der Waals surface area (Å²) in [6.45, 7) is 6.11. The zero-order valence-electron chi connectivity index (χ0n) is 9.65. The quantitative estimate of drug-likeness (QED) is 0.717. The summed E-state index contributed by atoms with van der Waals surface area (Å²) in [6.07, 6.45) is 4.02. The van der Waals surface area contributed by atoms with Crippen molar-refractivity contribution in [1.82, 2.24) is 4.90 Å². The van der Waals surface area contributed by atoms with Crippen molar-refractivity contribution in [2.75, 3.05) is 13.1 Å². The van der Waals surface area contributed by atoms with E-state index in [9.17, 15) is 4.79 Å². The summed E-state index contributed by atoms with van der Waals surface area (Å²) in [5, 5.41) is -0.108. The van der Waals surface area contributed by atoms with E-state index in [1.54, 1.807) is 0 Å². The van der Waals surface area contributed by atoms with E-state index >= 15 is 0 Å². The van der Waals surface area contributed by atoms with Crippen molar-refractivity contribution in [3.63, 3.8) is 0 Å². The molecule has 0 radical (unpaired) electrons. The maximum Gasteiger partial charge on any atom is 0.235 e. The van der Waals surface area contributed by atoms with Gasteiger partial charge in [-0.1, -0.05) is 20.3 Å². The molecule has 1 heterocycles. The number of carbonyl (C=O) groups excluding carboxylic acids is 1. The number of rotatable bonds is 2. The van der Waals surface area contributed by atoms with Crippen molar-refractivity contribution >= 4 is 18.5 Å². The largest absolute Gasteiger partial charge is 0.341 e. The molecule has 15 heavy (non-hydrogen) atoms. The van der Waals surface area contributed by atoms with Crippen LogP contribution in [0.1, 0.15) is 33.1 Å². The summed E-state index contributed by atoms with van der Waals surface area (Å²) in [5.41, 5.74) is 0. The van der Waals surface area contributed by atoms with Gasteiger partial charge in [-0.3, -0.25) is 4.79 Å². The molecule has 3 atom stereocenters. The van der Waals surface area contributed by atoms with Gasteiger partial charge in [0, 0.05) is 13.1 Å². The Bertz CT molecular complexity index is 242. The maximum atomic E-state index is 12.1. The first-order valence-electron chi connectivity index (χ1n) is 6.06. The van der Waals surface area contributed by atoms with E-state index in [1.165, 1.54) is 19.3 Å². The van der Waals surface area contributed by atoms with Crippen molar-refractivity contribution in [3.05, 3.63) is 0 Å². The fourth-order valence-corrected chi connectivity index (χ4v) is 3.05. The maximum absolute atomic E-state index is 12.1. The molecule has 1 aliphatic carbocycles. The molecule has 2 nitrogen and oxygen atoms in total. The van der Waals surface area contributed by atoms with Crippen LogP contribution in [-0.2, 0) is 4.79 Å². The van der Waals surface area contributed by atoms with Crippen LogP contribution in [0.5, 0.6) is 0 Å². The van der Waals surface area contributed by atoms with Crippen LogP contribution >= 0.6 is 12.6 Å². The molecule has 0 spiro atoms. The zero-order valence-corrected chi connectivity index (χ0v) is 10.5. The van der Waals surface area contributed by atoms with Crippen molar-refractivity contribution < 1.29 is 4.79 Å². The molecular weight excluding hydrogens is 206 g/mol. The number of fused-ring (bicyclic) bond motifs is 1. The van der Waals surface area contributed by atoms with Crippen LogP contribution < -0.4 is 0 Å². The van der Waals surface area contributed by atoms with E-state index in [1.807, 2.05) is 4.90 Å². The first-order valence-corrected chi connectivity index (χ1v) is 6.58. The molecule has 86 valence electrons. The summed E-state index contributed by atoms with van der Waals surface area (Å²) in [6, 6.07) is 0. The molecule has 2 fully saturated rings. The fraction of sp³-hybridized carbons (Fsp3) is 0.917. The monoisotopic (exact) mass is 227 g/mol. The first kappa shape index (κ1) is 11.3. The summed E-state index contributed by atoms with van der Waals surface area (Å²) in [4.78, 5) is 14.1. The lowest BCUT2D eigenvalue weighted by Gasteiger charge is -2.23. The Morgan fingerprint density at radius 3 is 2.27 bits per heavy atom. The average molecular weight is 227 g/mol. The third-order valence-electron chi connectivity index (χ3n) is 3.92. The molecule has 2 aliphatic rings. The van der Waals surface area contributed by atoms with Gasteiger partial charge in [0.2, 0.25) is 5.91 Å². The normalized spacial score (nSPS) is 32.1. The van der Waals surface area contributed by atoms with Gasteiger partial charge < -0.3 is 4.90 Å². The van der Waals surface area contributed by atoms with E-state index in [2.05, 4.69) is 26.5 Å². The number of hydrogen-bond donors (Lipinski definition) is 1. The van der Waals surface area contributed by atoms with Gasteiger partial charge >= 0.3 is 0 Å². The summed E-state index contributed by atoms with van der Waals surface area (Å²) in [5.74, 6) is 2.17. The Morgan fingerprint density at radius 1 is 1.27 bits per heavy atom. The molecule has 0 aromatic carbocycles. The molecule has 1 aliphatic heterocycles. The Kier molecular flexibility index (Phi) is 3.29. The highest BCUT2D eigenvalue weighted by Crippen LogP contribution is 2.38. The van der Waals surface area contributed by atoms with Crippen molar-refractivity contribution in [2.45, 2.75) is 38.4 Å². The first-order chi connectivity index (χ1) is 7.09. The molecule has 0 aromatic heterocycles.